The van der Waals surface area contributed by atoms with Crippen molar-refractivity contribution in [1.82, 2.24) is 10.4 Å². The molecule has 1 saturated heterocycles. The van der Waals surface area contributed by atoms with Crippen LogP contribution in [0.3, 0.4) is 0 Å². The minimum atomic E-state index is -0.282. The summed E-state index contributed by atoms with van der Waals surface area (Å²) in [5, 5.41) is 12.3. The number of nitrogens with one attached hydrogen (secondary N) is 1. The SMILES string of the molecule is CC1(C)CCC(C)(C)c2cc(COc3ccc(C(=O)NN4CCCCC4)c(O)c3)ccc21. The Labute approximate surface area is 191 Å². The van der Waals surface area contributed by atoms with Gasteiger partial charge in [0.05, 0.1) is 5.56 Å². The maximum atomic E-state index is 12.5. The third kappa shape index (κ3) is 4.78. The maximum Gasteiger partial charge on any atom is 0.269 e. The Morgan fingerprint density at radius 1 is 0.969 bits per heavy atom. The molecule has 1 aliphatic carbocycles. The minimum absolute atomic E-state index is 0.0645. The molecule has 0 spiro atoms. The predicted molar refractivity (Wildman–Crippen MR) is 127 cm³/mol. The summed E-state index contributed by atoms with van der Waals surface area (Å²) in [6.07, 6.45) is 5.72. The van der Waals surface area contributed by atoms with Crippen molar-refractivity contribution in [2.45, 2.75) is 77.2 Å². The first kappa shape index (κ1) is 22.7. The van der Waals surface area contributed by atoms with Gasteiger partial charge in [-0.05, 0) is 65.3 Å². The van der Waals surface area contributed by atoms with Crippen molar-refractivity contribution in [1.29, 1.82) is 0 Å². The van der Waals surface area contributed by atoms with Crippen LogP contribution in [0.1, 0.15) is 86.8 Å². The van der Waals surface area contributed by atoms with Gasteiger partial charge in [0.2, 0.25) is 0 Å². The summed E-state index contributed by atoms with van der Waals surface area (Å²) < 4.78 is 5.97. The van der Waals surface area contributed by atoms with Crippen molar-refractivity contribution < 1.29 is 14.6 Å². The lowest BCUT2D eigenvalue weighted by Gasteiger charge is -2.42. The zero-order valence-electron chi connectivity index (χ0n) is 19.8. The monoisotopic (exact) mass is 436 g/mol. The number of phenolic OH excluding ortho intramolecular Hbond substituents is 1. The molecule has 32 heavy (non-hydrogen) atoms. The Morgan fingerprint density at radius 3 is 2.34 bits per heavy atom. The number of hydrogen-bond donors (Lipinski definition) is 2. The van der Waals surface area contributed by atoms with Gasteiger partial charge in [-0.3, -0.25) is 10.2 Å². The largest absolute Gasteiger partial charge is 0.507 e. The summed E-state index contributed by atoms with van der Waals surface area (Å²) >= 11 is 0. The van der Waals surface area contributed by atoms with Crippen LogP contribution in [0.2, 0.25) is 0 Å². The summed E-state index contributed by atoms with van der Waals surface area (Å²) in [6.45, 7) is 11.4. The normalized spacial score (nSPS) is 19.8. The highest BCUT2D eigenvalue weighted by Crippen LogP contribution is 2.46. The van der Waals surface area contributed by atoms with E-state index in [-0.39, 0.29) is 28.1 Å². The molecule has 5 heteroatoms. The molecule has 1 aliphatic heterocycles. The zero-order valence-corrected chi connectivity index (χ0v) is 19.8. The van der Waals surface area contributed by atoms with Crippen LogP contribution in [-0.4, -0.2) is 29.1 Å². The van der Waals surface area contributed by atoms with Crippen molar-refractivity contribution in [3.05, 3.63) is 58.7 Å². The molecular formula is C27H36N2O3. The number of carbonyl (C=O) groups is 1. The topological polar surface area (TPSA) is 61.8 Å². The molecule has 0 radical (unpaired) electrons. The summed E-state index contributed by atoms with van der Waals surface area (Å²) in [5.74, 6) is 0.204. The standard InChI is InChI=1S/C27H36N2O3/c1-26(2)12-13-27(3,4)23-16-19(8-11-22(23)26)18-32-20-9-10-21(24(30)17-20)25(31)28-29-14-6-5-7-15-29/h8-11,16-17,30H,5-7,12-15,18H2,1-4H3,(H,28,31). The second-order valence-corrected chi connectivity index (χ2v) is 10.6. The van der Waals surface area contributed by atoms with E-state index in [2.05, 4.69) is 51.3 Å². The van der Waals surface area contributed by atoms with Gasteiger partial charge >= 0.3 is 0 Å². The van der Waals surface area contributed by atoms with Gasteiger partial charge in [0.25, 0.3) is 5.91 Å². The molecule has 0 bridgehead atoms. The van der Waals surface area contributed by atoms with E-state index in [4.69, 9.17) is 4.74 Å². The quantitative estimate of drug-likeness (QED) is 0.654. The third-order valence-electron chi connectivity index (χ3n) is 7.15. The molecule has 0 atom stereocenters. The third-order valence-corrected chi connectivity index (χ3v) is 7.15. The summed E-state index contributed by atoms with van der Waals surface area (Å²) in [5.41, 5.74) is 7.45. The Balaban J connectivity index is 1.43. The predicted octanol–water partition coefficient (Wildman–Crippen LogP) is 5.45. The number of ether oxygens (including phenoxy) is 1. The number of rotatable bonds is 5. The Hall–Kier alpha value is -2.53. The fourth-order valence-corrected chi connectivity index (χ4v) is 4.90. The molecule has 172 valence electrons. The van der Waals surface area contributed by atoms with Crippen LogP contribution in [0.15, 0.2) is 36.4 Å². The highest BCUT2D eigenvalue weighted by atomic mass is 16.5. The molecule has 1 fully saturated rings. The van der Waals surface area contributed by atoms with E-state index in [1.165, 1.54) is 36.5 Å². The van der Waals surface area contributed by atoms with Crippen LogP contribution in [0.25, 0.3) is 0 Å². The van der Waals surface area contributed by atoms with E-state index in [0.717, 1.165) is 31.5 Å². The highest BCUT2D eigenvalue weighted by Gasteiger charge is 2.36. The van der Waals surface area contributed by atoms with Gasteiger partial charge in [-0.1, -0.05) is 52.3 Å². The molecule has 1 heterocycles. The van der Waals surface area contributed by atoms with Crippen LogP contribution >= 0.6 is 0 Å². The van der Waals surface area contributed by atoms with Gasteiger partial charge < -0.3 is 9.84 Å². The minimum Gasteiger partial charge on any atom is -0.507 e. The van der Waals surface area contributed by atoms with E-state index < -0.39 is 0 Å². The van der Waals surface area contributed by atoms with Gasteiger partial charge in [0.15, 0.2) is 0 Å². The van der Waals surface area contributed by atoms with Crippen LogP contribution < -0.4 is 10.2 Å². The van der Waals surface area contributed by atoms with Crippen molar-refractivity contribution in [3.8, 4) is 11.5 Å². The number of piperidine rings is 1. The molecule has 5 nitrogen and oxygen atoms in total. The van der Waals surface area contributed by atoms with E-state index in [1.54, 1.807) is 12.1 Å². The first-order valence-electron chi connectivity index (χ1n) is 11.8. The van der Waals surface area contributed by atoms with Crippen LogP contribution in [0.4, 0.5) is 0 Å². The number of fused-ring (bicyclic) bond motifs is 1. The number of nitrogens with zero attached hydrogens (tertiary/aromatic N) is 1. The molecule has 0 unspecified atom stereocenters. The number of carbonyl (C=O) groups excluding carboxylic acids is 1. The average Bonchev–Trinajstić information content (AvgIpc) is 2.76. The highest BCUT2D eigenvalue weighted by molar-refractivity contribution is 5.96. The number of aromatic hydroxyl groups is 1. The van der Waals surface area contributed by atoms with Gasteiger partial charge in [0.1, 0.15) is 18.1 Å². The first-order chi connectivity index (χ1) is 15.2. The number of hydrogen-bond acceptors (Lipinski definition) is 4. The molecule has 2 aliphatic rings. The first-order valence-corrected chi connectivity index (χ1v) is 11.8. The van der Waals surface area contributed by atoms with Gasteiger partial charge in [-0.25, -0.2) is 5.01 Å². The molecule has 2 aromatic rings. The number of hydrazine groups is 1. The van der Waals surface area contributed by atoms with Gasteiger partial charge in [0, 0.05) is 19.2 Å². The van der Waals surface area contributed by atoms with Crippen molar-refractivity contribution in [2.75, 3.05) is 13.1 Å². The molecule has 2 aromatic carbocycles. The lowest BCUT2D eigenvalue weighted by atomic mass is 9.63. The lowest BCUT2D eigenvalue weighted by molar-refractivity contribution is 0.0747. The van der Waals surface area contributed by atoms with Crippen LogP contribution in [0, 0.1) is 0 Å². The maximum absolute atomic E-state index is 12.5. The molecule has 1 amide bonds. The lowest BCUT2D eigenvalue weighted by Crippen LogP contribution is -2.45. The molecule has 4 rings (SSSR count). The van der Waals surface area contributed by atoms with E-state index in [1.807, 2.05) is 5.01 Å². The Bertz CT molecular complexity index is 990. The molecule has 0 saturated carbocycles. The summed E-state index contributed by atoms with van der Waals surface area (Å²) in [7, 11) is 0. The number of benzene rings is 2. The molecule has 2 N–H and O–H groups in total. The Kier molecular flexibility index (Phi) is 6.22. The second kappa shape index (κ2) is 8.78. The number of phenols is 1. The fraction of sp³-hybridized carbons (Fsp3) is 0.519. The van der Waals surface area contributed by atoms with Gasteiger partial charge in [-0.15, -0.1) is 0 Å². The van der Waals surface area contributed by atoms with Gasteiger partial charge in [-0.2, -0.15) is 0 Å². The van der Waals surface area contributed by atoms with E-state index in [9.17, 15) is 9.90 Å². The van der Waals surface area contributed by atoms with Crippen molar-refractivity contribution in [3.63, 3.8) is 0 Å². The van der Waals surface area contributed by atoms with Crippen molar-refractivity contribution in [2.24, 2.45) is 0 Å². The summed E-state index contributed by atoms with van der Waals surface area (Å²) in [4.78, 5) is 12.5. The van der Waals surface area contributed by atoms with Crippen molar-refractivity contribution >= 4 is 5.91 Å². The zero-order chi connectivity index (χ0) is 22.9. The van der Waals surface area contributed by atoms with E-state index in [0.29, 0.717) is 12.4 Å². The van der Waals surface area contributed by atoms with Crippen LogP contribution in [-0.2, 0) is 17.4 Å². The Morgan fingerprint density at radius 2 is 1.66 bits per heavy atom. The average molecular weight is 437 g/mol. The number of amides is 1. The fourth-order valence-electron chi connectivity index (χ4n) is 4.90. The molecular weight excluding hydrogens is 400 g/mol. The van der Waals surface area contributed by atoms with Crippen LogP contribution in [0.5, 0.6) is 11.5 Å². The van der Waals surface area contributed by atoms with E-state index >= 15 is 0 Å². The molecule has 0 aromatic heterocycles. The smallest absolute Gasteiger partial charge is 0.269 e. The second-order valence-electron chi connectivity index (χ2n) is 10.6. The summed E-state index contributed by atoms with van der Waals surface area (Å²) in [6, 6.07) is 11.6.